The molecule has 2 aromatic heterocycles. The first-order valence-corrected chi connectivity index (χ1v) is 9.88. The topological polar surface area (TPSA) is 39.3 Å². The van der Waals surface area contributed by atoms with Crippen molar-refractivity contribution in [3.05, 3.63) is 114 Å². The van der Waals surface area contributed by atoms with E-state index in [9.17, 15) is 4.79 Å². The van der Waals surface area contributed by atoms with Crippen LogP contribution in [0.25, 0.3) is 44.4 Å². The van der Waals surface area contributed by atoms with Crippen molar-refractivity contribution in [1.82, 2.24) is 14.0 Å². The predicted molar refractivity (Wildman–Crippen MR) is 121 cm³/mol. The van der Waals surface area contributed by atoms with Crippen LogP contribution >= 0.6 is 0 Å². The van der Waals surface area contributed by atoms with E-state index in [-0.39, 0.29) is 5.56 Å². The van der Waals surface area contributed by atoms with Gasteiger partial charge in [-0.25, -0.2) is 9.38 Å². The van der Waals surface area contributed by atoms with E-state index in [1.807, 2.05) is 83.6 Å². The van der Waals surface area contributed by atoms with Gasteiger partial charge in [-0.3, -0.25) is 9.36 Å². The number of rotatable bonds is 2. The maximum Gasteiger partial charge on any atom is 0.267 e. The monoisotopic (exact) mass is 387 g/mol. The summed E-state index contributed by atoms with van der Waals surface area (Å²) in [6, 6.07) is 31.9. The van der Waals surface area contributed by atoms with Gasteiger partial charge in [0.15, 0.2) is 0 Å². The van der Waals surface area contributed by atoms with Gasteiger partial charge in [0.05, 0.1) is 22.3 Å². The van der Waals surface area contributed by atoms with E-state index < -0.39 is 0 Å². The number of benzene rings is 4. The molecule has 6 aromatic rings. The van der Waals surface area contributed by atoms with Crippen LogP contribution in [0.3, 0.4) is 0 Å². The quantitative estimate of drug-likeness (QED) is 0.396. The van der Waals surface area contributed by atoms with Gasteiger partial charge in [-0.2, -0.15) is 0 Å². The van der Waals surface area contributed by atoms with Crippen LogP contribution in [0.4, 0.5) is 0 Å². The van der Waals surface area contributed by atoms with Gasteiger partial charge < -0.3 is 0 Å². The van der Waals surface area contributed by atoms with Crippen LogP contribution in [-0.4, -0.2) is 14.0 Å². The molecule has 0 spiro atoms. The number of fused-ring (bicyclic) bond motifs is 3. The van der Waals surface area contributed by atoms with Gasteiger partial charge in [0.25, 0.3) is 5.56 Å². The third-order valence-corrected chi connectivity index (χ3v) is 5.56. The second kappa shape index (κ2) is 6.42. The molecular weight excluding hydrogens is 370 g/mol. The Hall–Kier alpha value is -4.18. The molecule has 0 aliphatic heterocycles. The molecule has 0 N–H and O–H groups in total. The molecule has 0 aliphatic rings. The molecule has 0 atom stereocenters. The van der Waals surface area contributed by atoms with Gasteiger partial charge >= 0.3 is 0 Å². The van der Waals surface area contributed by atoms with Crippen LogP contribution in [0.2, 0.25) is 0 Å². The molecule has 30 heavy (non-hydrogen) atoms. The van der Waals surface area contributed by atoms with E-state index in [2.05, 4.69) is 24.3 Å². The second-order valence-electron chi connectivity index (χ2n) is 7.32. The van der Waals surface area contributed by atoms with E-state index in [4.69, 9.17) is 4.98 Å². The molecule has 2 heterocycles. The van der Waals surface area contributed by atoms with Crippen molar-refractivity contribution in [3.8, 4) is 16.9 Å². The molecule has 6 rings (SSSR count). The Morgan fingerprint density at radius 2 is 1.37 bits per heavy atom. The second-order valence-corrected chi connectivity index (χ2v) is 7.32. The molecule has 142 valence electrons. The summed E-state index contributed by atoms with van der Waals surface area (Å²) in [5.41, 5.74) is 3.42. The Kier molecular flexibility index (Phi) is 3.59. The zero-order chi connectivity index (χ0) is 20.1. The number of aromatic nitrogens is 3. The van der Waals surface area contributed by atoms with Gasteiger partial charge in [-0.05, 0) is 23.6 Å². The van der Waals surface area contributed by atoms with E-state index in [0.29, 0.717) is 16.7 Å². The molecular formula is C26H17N3O. The van der Waals surface area contributed by atoms with E-state index in [0.717, 1.165) is 27.7 Å². The van der Waals surface area contributed by atoms with Gasteiger partial charge in [0, 0.05) is 17.1 Å². The fraction of sp³-hybridized carbons (Fsp3) is 0. The fourth-order valence-corrected chi connectivity index (χ4v) is 4.15. The first kappa shape index (κ1) is 16.7. The highest BCUT2D eigenvalue weighted by molar-refractivity contribution is 5.91. The van der Waals surface area contributed by atoms with E-state index in [1.54, 1.807) is 4.40 Å². The van der Waals surface area contributed by atoms with Crippen LogP contribution in [0.1, 0.15) is 0 Å². The average molecular weight is 387 g/mol. The van der Waals surface area contributed by atoms with Crippen molar-refractivity contribution in [3.63, 3.8) is 0 Å². The lowest BCUT2D eigenvalue weighted by molar-refractivity contribution is 1.03. The predicted octanol–water partition coefficient (Wildman–Crippen LogP) is 5.46. The summed E-state index contributed by atoms with van der Waals surface area (Å²) in [6.07, 6.45) is 2.01. The molecule has 0 saturated carbocycles. The van der Waals surface area contributed by atoms with Crippen LogP contribution < -0.4 is 5.56 Å². The molecule has 0 saturated heterocycles. The first-order valence-electron chi connectivity index (χ1n) is 9.88. The molecule has 0 amide bonds. The van der Waals surface area contributed by atoms with E-state index >= 15 is 0 Å². The average Bonchev–Trinajstić information content (AvgIpc) is 3.19. The SMILES string of the molecule is O=c1c2ccccc2nc2n(-c3cccc4ccccc34)cc(-c3ccccc3)n12. The molecule has 4 heteroatoms. The van der Waals surface area contributed by atoms with Crippen molar-refractivity contribution in [1.29, 1.82) is 0 Å². The standard InChI is InChI=1S/C26H17N3O/c30-25-21-14-6-7-15-22(21)27-26-28(17-24(29(25)26)19-10-2-1-3-11-19)23-16-8-12-18-9-4-5-13-20(18)23/h1-17H. The lowest BCUT2D eigenvalue weighted by Gasteiger charge is -2.09. The normalized spacial score (nSPS) is 11.5. The summed E-state index contributed by atoms with van der Waals surface area (Å²) in [5.74, 6) is 0.605. The smallest absolute Gasteiger partial charge is 0.267 e. The molecule has 0 aliphatic carbocycles. The number of imidazole rings is 1. The third-order valence-electron chi connectivity index (χ3n) is 5.56. The Morgan fingerprint density at radius 3 is 2.23 bits per heavy atom. The summed E-state index contributed by atoms with van der Waals surface area (Å²) in [7, 11) is 0. The van der Waals surface area contributed by atoms with Crippen LogP contribution in [-0.2, 0) is 0 Å². The Bertz CT molecular complexity index is 1610. The highest BCUT2D eigenvalue weighted by Crippen LogP contribution is 2.28. The highest BCUT2D eigenvalue weighted by Gasteiger charge is 2.17. The first-order chi connectivity index (χ1) is 14.8. The minimum Gasteiger partial charge on any atom is -0.284 e. The van der Waals surface area contributed by atoms with Crippen molar-refractivity contribution in [2.45, 2.75) is 0 Å². The van der Waals surface area contributed by atoms with Gasteiger partial charge in [-0.1, -0.05) is 78.9 Å². The molecule has 4 aromatic carbocycles. The Balaban J connectivity index is 1.80. The Labute approximate surface area is 172 Å². The molecule has 0 unspecified atom stereocenters. The Morgan fingerprint density at radius 1 is 0.667 bits per heavy atom. The minimum absolute atomic E-state index is 0.0616. The largest absolute Gasteiger partial charge is 0.284 e. The fourth-order valence-electron chi connectivity index (χ4n) is 4.15. The van der Waals surface area contributed by atoms with Gasteiger partial charge in [0.1, 0.15) is 0 Å². The lowest BCUT2D eigenvalue weighted by Crippen LogP contribution is -2.16. The maximum absolute atomic E-state index is 13.5. The molecule has 0 radical (unpaired) electrons. The van der Waals surface area contributed by atoms with Crippen molar-refractivity contribution >= 4 is 27.5 Å². The highest BCUT2D eigenvalue weighted by atomic mass is 16.1. The van der Waals surface area contributed by atoms with Gasteiger partial charge in [0.2, 0.25) is 5.78 Å². The molecule has 4 nitrogen and oxygen atoms in total. The minimum atomic E-state index is -0.0616. The van der Waals surface area contributed by atoms with Crippen LogP contribution in [0.15, 0.2) is 108 Å². The third kappa shape index (κ3) is 2.40. The summed E-state index contributed by atoms with van der Waals surface area (Å²) in [6.45, 7) is 0. The van der Waals surface area contributed by atoms with Crippen LogP contribution in [0, 0.1) is 0 Å². The zero-order valence-electron chi connectivity index (χ0n) is 16.1. The van der Waals surface area contributed by atoms with Crippen molar-refractivity contribution < 1.29 is 0 Å². The lowest BCUT2D eigenvalue weighted by atomic mass is 10.1. The van der Waals surface area contributed by atoms with Crippen molar-refractivity contribution in [2.75, 3.05) is 0 Å². The number of nitrogens with zero attached hydrogens (tertiary/aromatic N) is 3. The van der Waals surface area contributed by atoms with Gasteiger partial charge in [-0.15, -0.1) is 0 Å². The summed E-state index contributed by atoms with van der Waals surface area (Å²) < 4.78 is 3.75. The van der Waals surface area contributed by atoms with E-state index in [1.165, 1.54) is 0 Å². The summed E-state index contributed by atoms with van der Waals surface area (Å²) >= 11 is 0. The zero-order valence-corrected chi connectivity index (χ0v) is 16.1. The summed E-state index contributed by atoms with van der Waals surface area (Å²) in [4.78, 5) is 18.4. The molecule has 0 fully saturated rings. The molecule has 0 bridgehead atoms. The van der Waals surface area contributed by atoms with Crippen LogP contribution in [0.5, 0.6) is 0 Å². The number of hydrogen-bond donors (Lipinski definition) is 0. The number of para-hydroxylation sites is 1. The van der Waals surface area contributed by atoms with Crippen molar-refractivity contribution in [2.24, 2.45) is 0 Å². The summed E-state index contributed by atoms with van der Waals surface area (Å²) in [5, 5.41) is 2.87. The number of hydrogen-bond acceptors (Lipinski definition) is 2. The maximum atomic E-state index is 13.5.